The van der Waals surface area contributed by atoms with Gasteiger partial charge in [0, 0.05) is 6.07 Å². The van der Waals surface area contributed by atoms with Crippen LogP contribution in [0, 0.1) is 5.82 Å². The van der Waals surface area contributed by atoms with Gasteiger partial charge in [-0.3, -0.25) is 5.32 Å². The van der Waals surface area contributed by atoms with Gasteiger partial charge in [-0.15, -0.1) is 0 Å². The van der Waals surface area contributed by atoms with E-state index in [9.17, 15) is 14.0 Å². The number of ether oxygens (including phenoxy) is 2. The smallest absolute Gasteiger partial charge is 0.412 e. The molecule has 0 atom stereocenters. The first-order valence-electron chi connectivity index (χ1n) is 6.59. The van der Waals surface area contributed by atoms with Crippen LogP contribution < -0.4 is 10.1 Å². The summed E-state index contributed by atoms with van der Waals surface area (Å²) < 4.78 is 23.6. The molecule has 0 aliphatic heterocycles. The normalized spacial score (nSPS) is 10.0. The van der Waals surface area contributed by atoms with Gasteiger partial charge in [0.15, 0.2) is 0 Å². The predicted molar refractivity (Wildman–Crippen MR) is 80.2 cm³/mol. The van der Waals surface area contributed by atoms with Crippen LogP contribution in [0.3, 0.4) is 0 Å². The molecule has 23 heavy (non-hydrogen) atoms. The van der Waals surface area contributed by atoms with Crippen LogP contribution in [-0.4, -0.2) is 24.3 Å². The lowest BCUT2D eigenvalue weighted by molar-refractivity contribution is 0.0691. The highest BCUT2D eigenvalue weighted by Gasteiger charge is 2.17. The Morgan fingerprint density at radius 1 is 1.22 bits per heavy atom. The fourth-order valence-electron chi connectivity index (χ4n) is 1.85. The number of nitrogens with one attached hydrogen (secondary N) is 1. The molecule has 2 rings (SSSR count). The molecule has 1 amide bonds. The Kier molecular flexibility index (Phi) is 5.14. The van der Waals surface area contributed by atoms with Crippen LogP contribution in [0.2, 0.25) is 0 Å². The molecule has 6 nitrogen and oxygen atoms in total. The molecule has 0 aliphatic carbocycles. The van der Waals surface area contributed by atoms with Gasteiger partial charge >= 0.3 is 12.1 Å². The van der Waals surface area contributed by atoms with Gasteiger partial charge < -0.3 is 14.6 Å². The zero-order valence-corrected chi connectivity index (χ0v) is 12.2. The summed E-state index contributed by atoms with van der Waals surface area (Å²) in [6, 6.07) is 10.9. The second kappa shape index (κ2) is 7.26. The van der Waals surface area contributed by atoms with Crippen molar-refractivity contribution in [1.29, 1.82) is 0 Å². The Bertz CT molecular complexity index is 718. The molecule has 0 radical (unpaired) electrons. The second-order valence-electron chi connectivity index (χ2n) is 4.52. The van der Waals surface area contributed by atoms with E-state index in [0.717, 1.165) is 17.7 Å². The molecule has 2 N–H and O–H groups in total. The lowest BCUT2D eigenvalue weighted by atomic mass is 10.1. The number of carboxylic acids is 1. The summed E-state index contributed by atoms with van der Waals surface area (Å²) in [6.45, 7) is 0.0463. The van der Waals surface area contributed by atoms with Crippen molar-refractivity contribution in [2.75, 3.05) is 12.4 Å². The number of methoxy groups -OCH3 is 1. The van der Waals surface area contributed by atoms with Gasteiger partial charge in [-0.05, 0) is 11.6 Å². The van der Waals surface area contributed by atoms with E-state index in [2.05, 4.69) is 5.32 Å². The number of rotatable bonds is 5. The average Bonchev–Trinajstić information content (AvgIpc) is 2.54. The molecule has 0 aliphatic rings. The minimum Gasteiger partial charge on any atom is -0.495 e. The molecule has 0 heterocycles. The molecule has 0 spiro atoms. The third-order valence-electron chi connectivity index (χ3n) is 2.97. The Labute approximate surface area is 131 Å². The Morgan fingerprint density at radius 3 is 2.52 bits per heavy atom. The molecule has 0 saturated heterocycles. The summed E-state index contributed by atoms with van der Waals surface area (Å²) >= 11 is 0. The largest absolute Gasteiger partial charge is 0.495 e. The van der Waals surface area contributed by atoms with Crippen molar-refractivity contribution in [3.8, 4) is 5.75 Å². The Hall–Kier alpha value is -3.09. The van der Waals surface area contributed by atoms with Gasteiger partial charge in [0.1, 0.15) is 18.2 Å². The zero-order chi connectivity index (χ0) is 16.8. The molecule has 0 bridgehead atoms. The fourth-order valence-corrected chi connectivity index (χ4v) is 1.85. The molecular weight excluding hydrogens is 305 g/mol. The molecule has 120 valence electrons. The van der Waals surface area contributed by atoms with E-state index in [1.54, 1.807) is 24.3 Å². The van der Waals surface area contributed by atoms with Crippen LogP contribution in [0.15, 0.2) is 42.5 Å². The van der Waals surface area contributed by atoms with Crippen LogP contribution in [0.1, 0.15) is 15.9 Å². The third-order valence-corrected chi connectivity index (χ3v) is 2.97. The highest BCUT2D eigenvalue weighted by molar-refractivity contribution is 5.92. The molecule has 7 heteroatoms. The number of hydrogen-bond donors (Lipinski definition) is 2. The first-order valence-corrected chi connectivity index (χ1v) is 6.59. The minimum absolute atomic E-state index is 0.0143. The van der Waals surface area contributed by atoms with Crippen molar-refractivity contribution in [3.05, 3.63) is 59.4 Å². The van der Waals surface area contributed by atoms with Crippen molar-refractivity contribution in [2.24, 2.45) is 0 Å². The third kappa shape index (κ3) is 4.19. The number of carboxylic acid groups (broad SMARTS) is 1. The lowest BCUT2D eigenvalue weighted by Gasteiger charge is -2.12. The minimum atomic E-state index is -1.43. The van der Waals surface area contributed by atoms with Crippen LogP contribution in [0.5, 0.6) is 5.75 Å². The van der Waals surface area contributed by atoms with Gasteiger partial charge in [-0.2, -0.15) is 0 Å². The molecule has 0 saturated carbocycles. The second-order valence-corrected chi connectivity index (χ2v) is 4.52. The van der Waals surface area contributed by atoms with Crippen LogP contribution in [0.4, 0.5) is 14.9 Å². The van der Waals surface area contributed by atoms with Gasteiger partial charge in [0.2, 0.25) is 0 Å². The summed E-state index contributed by atoms with van der Waals surface area (Å²) in [5.74, 6) is -2.41. The van der Waals surface area contributed by atoms with Crippen molar-refractivity contribution in [2.45, 2.75) is 6.61 Å². The maximum absolute atomic E-state index is 13.7. The molecule has 0 unspecified atom stereocenters. The van der Waals surface area contributed by atoms with Crippen molar-refractivity contribution in [1.82, 2.24) is 0 Å². The van der Waals surface area contributed by atoms with Crippen LogP contribution >= 0.6 is 0 Å². The summed E-state index contributed by atoms with van der Waals surface area (Å²) in [5, 5.41) is 11.2. The summed E-state index contributed by atoms with van der Waals surface area (Å²) in [5.41, 5.74) is 0.222. The SMILES string of the molecule is COc1cc(C(=O)O)c(F)cc1NC(=O)OCc1ccccc1. The van der Waals surface area contributed by atoms with E-state index in [-0.39, 0.29) is 18.0 Å². The predicted octanol–water partition coefficient (Wildman–Crippen LogP) is 3.28. The first-order chi connectivity index (χ1) is 11.0. The van der Waals surface area contributed by atoms with Crippen molar-refractivity contribution >= 4 is 17.7 Å². The molecule has 0 fully saturated rings. The number of hydrogen-bond acceptors (Lipinski definition) is 4. The number of benzene rings is 2. The molecule has 2 aromatic rings. The summed E-state index contributed by atoms with van der Waals surface area (Å²) in [4.78, 5) is 22.6. The highest BCUT2D eigenvalue weighted by atomic mass is 19.1. The van der Waals surface area contributed by atoms with Gasteiger partial charge in [-0.1, -0.05) is 30.3 Å². The zero-order valence-electron chi connectivity index (χ0n) is 12.2. The Morgan fingerprint density at radius 2 is 1.91 bits per heavy atom. The number of carbonyl (C=O) groups is 2. The molecule has 0 aromatic heterocycles. The van der Waals surface area contributed by atoms with E-state index in [4.69, 9.17) is 14.6 Å². The van der Waals surface area contributed by atoms with E-state index in [1.807, 2.05) is 6.07 Å². The van der Waals surface area contributed by atoms with Gasteiger partial charge in [0.25, 0.3) is 0 Å². The maximum atomic E-state index is 13.7. The number of anilines is 1. The lowest BCUT2D eigenvalue weighted by Crippen LogP contribution is -2.15. The number of carbonyl (C=O) groups excluding carboxylic acids is 1. The monoisotopic (exact) mass is 319 g/mol. The average molecular weight is 319 g/mol. The van der Waals surface area contributed by atoms with Crippen molar-refractivity contribution < 1.29 is 28.6 Å². The van der Waals surface area contributed by atoms with Crippen molar-refractivity contribution in [3.63, 3.8) is 0 Å². The summed E-state index contributed by atoms with van der Waals surface area (Å²) in [7, 11) is 1.28. The first kappa shape index (κ1) is 16.3. The highest BCUT2D eigenvalue weighted by Crippen LogP contribution is 2.28. The van der Waals surface area contributed by atoms with Crippen LogP contribution in [-0.2, 0) is 11.3 Å². The van der Waals surface area contributed by atoms with Crippen LogP contribution in [0.25, 0.3) is 0 Å². The Balaban J connectivity index is 2.08. The maximum Gasteiger partial charge on any atom is 0.412 e. The fraction of sp³-hybridized carbons (Fsp3) is 0.125. The van der Waals surface area contributed by atoms with Gasteiger partial charge in [-0.25, -0.2) is 14.0 Å². The number of amides is 1. The summed E-state index contributed by atoms with van der Waals surface area (Å²) in [6.07, 6.45) is -0.811. The van der Waals surface area contributed by atoms with E-state index < -0.39 is 23.4 Å². The topological polar surface area (TPSA) is 84.9 Å². The standard InChI is InChI=1S/C16H14FNO5/c1-22-14-7-11(15(19)20)12(17)8-13(14)18-16(21)23-9-10-5-3-2-4-6-10/h2-8H,9H2,1H3,(H,18,21)(H,19,20). The molecular formula is C16H14FNO5. The number of halogens is 1. The number of aromatic carboxylic acids is 1. The molecule has 2 aromatic carbocycles. The van der Waals surface area contributed by atoms with Gasteiger partial charge in [0.05, 0.1) is 18.4 Å². The van der Waals surface area contributed by atoms with E-state index >= 15 is 0 Å². The van der Waals surface area contributed by atoms with E-state index in [1.165, 1.54) is 7.11 Å². The quantitative estimate of drug-likeness (QED) is 0.883. The van der Waals surface area contributed by atoms with E-state index in [0.29, 0.717) is 0 Å².